The molecule has 2 N–H and O–H groups in total. The minimum absolute atomic E-state index is 0.000840. The summed E-state index contributed by atoms with van der Waals surface area (Å²) in [5.41, 5.74) is 4.12. The van der Waals surface area contributed by atoms with Crippen molar-refractivity contribution < 1.29 is 9.59 Å². The third-order valence-corrected chi connectivity index (χ3v) is 4.77. The summed E-state index contributed by atoms with van der Waals surface area (Å²) in [5, 5.41) is 10.1. The Morgan fingerprint density at radius 3 is 2.58 bits per heavy atom. The molecule has 3 heterocycles. The molecule has 0 radical (unpaired) electrons. The van der Waals surface area contributed by atoms with Gasteiger partial charge in [0.2, 0.25) is 0 Å². The Labute approximate surface area is 179 Å². The van der Waals surface area contributed by atoms with Gasteiger partial charge in [0.1, 0.15) is 5.69 Å². The first-order valence-electron chi connectivity index (χ1n) is 10.1. The van der Waals surface area contributed by atoms with Crippen molar-refractivity contribution in [2.45, 2.75) is 33.4 Å². The fraction of sp³-hybridized carbons (Fsp3) is 0.217. The average molecular weight is 416 g/mol. The van der Waals surface area contributed by atoms with Gasteiger partial charge >= 0.3 is 0 Å². The molecule has 4 aromatic rings. The van der Waals surface area contributed by atoms with Gasteiger partial charge in [0, 0.05) is 36.7 Å². The molecule has 0 saturated heterocycles. The topological polar surface area (TPSA) is 93.3 Å². The van der Waals surface area contributed by atoms with Gasteiger partial charge in [-0.15, -0.1) is 0 Å². The molecule has 0 saturated carbocycles. The van der Waals surface area contributed by atoms with Crippen molar-refractivity contribution in [2.24, 2.45) is 0 Å². The van der Waals surface area contributed by atoms with Crippen molar-refractivity contribution in [3.05, 3.63) is 83.6 Å². The van der Waals surface area contributed by atoms with Gasteiger partial charge in [0.05, 0.1) is 17.4 Å². The maximum Gasteiger partial charge on any atom is 0.271 e. The second-order valence-electron chi connectivity index (χ2n) is 7.72. The normalized spacial score (nSPS) is 11.1. The van der Waals surface area contributed by atoms with Gasteiger partial charge < -0.3 is 15.0 Å². The van der Waals surface area contributed by atoms with Crippen LogP contribution in [-0.2, 0) is 6.54 Å². The predicted octanol–water partition coefficient (Wildman–Crippen LogP) is 2.90. The lowest BCUT2D eigenvalue weighted by atomic mass is 10.2. The number of nitrogens with one attached hydrogen (secondary N) is 2. The fourth-order valence-electron chi connectivity index (χ4n) is 3.20. The monoisotopic (exact) mass is 416 g/mol. The first kappa shape index (κ1) is 20.3. The van der Waals surface area contributed by atoms with E-state index in [1.807, 2.05) is 51.2 Å². The average Bonchev–Trinajstić information content (AvgIpc) is 3.39. The van der Waals surface area contributed by atoms with Crippen LogP contribution in [0, 0.1) is 6.92 Å². The van der Waals surface area contributed by atoms with Crippen LogP contribution in [0.3, 0.4) is 0 Å². The van der Waals surface area contributed by atoms with Crippen molar-refractivity contribution in [2.75, 3.05) is 0 Å². The summed E-state index contributed by atoms with van der Waals surface area (Å²) in [6.45, 7) is 6.13. The Morgan fingerprint density at radius 1 is 1.06 bits per heavy atom. The molecule has 31 heavy (non-hydrogen) atoms. The van der Waals surface area contributed by atoms with E-state index in [9.17, 15) is 9.59 Å². The van der Waals surface area contributed by atoms with Crippen LogP contribution in [0.2, 0.25) is 0 Å². The van der Waals surface area contributed by atoms with Gasteiger partial charge in [-0.25, -0.2) is 9.67 Å². The summed E-state index contributed by atoms with van der Waals surface area (Å²) in [5.74, 6) is -0.538. The third kappa shape index (κ3) is 4.48. The second-order valence-corrected chi connectivity index (χ2v) is 7.72. The number of benzene rings is 1. The third-order valence-electron chi connectivity index (χ3n) is 4.77. The number of aromatic nitrogens is 4. The molecule has 1 aromatic carbocycles. The van der Waals surface area contributed by atoms with E-state index in [0.29, 0.717) is 17.8 Å². The van der Waals surface area contributed by atoms with E-state index in [4.69, 9.17) is 0 Å². The van der Waals surface area contributed by atoms with Gasteiger partial charge in [-0.1, -0.05) is 17.7 Å². The van der Waals surface area contributed by atoms with E-state index in [2.05, 4.69) is 20.7 Å². The van der Waals surface area contributed by atoms with Crippen LogP contribution in [0.4, 0.5) is 0 Å². The molecule has 4 rings (SSSR count). The zero-order valence-electron chi connectivity index (χ0n) is 17.7. The molecule has 0 spiro atoms. The standard InChI is InChI=1S/C23H24N6O2/c1-15(2)26-23(31)20-14-28-10-4-5-19(21(28)27-20)22(30)24-11-17-12-25-29(13-17)18-8-6-16(3)7-9-18/h4-10,12-15H,11H2,1-3H3,(H,24,30)(H,26,31). The van der Waals surface area contributed by atoms with Gasteiger partial charge in [0.15, 0.2) is 5.65 Å². The number of amides is 2. The molecule has 158 valence electrons. The lowest BCUT2D eigenvalue weighted by Gasteiger charge is -2.05. The quantitative estimate of drug-likeness (QED) is 0.505. The molecule has 0 atom stereocenters. The number of nitrogens with zero attached hydrogens (tertiary/aromatic N) is 4. The van der Waals surface area contributed by atoms with Crippen LogP contribution in [0.15, 0.2) is 61.2 Å². The number of pyridine rings is 1. The number of carbonyl (C=O) groups is 2. The molecule has 0 aliphatic rings. The molecule has 0 aliphatic heterocycles. The van der Waals surface area contributed by atoms with E-state index >= 15 is 0 Å². The van der Waals surface area contributed by atoms with Crippen LogP contribution in [-0.4, -0.2) is 37.0 Å². The zero-order chi connectivity index (χ0) is 22.0. The molecule has 3 aromatic heterocycles. The Kier molecular flexibility index (Phi) is 5.53. The van der Waals surface area contributed by atoms with Gasteiger partial charge in [-0.2, -0.15) is 5.10 Å². The molecular formula is C23H24N6O2. The Balaban J connectivity index is 1.48. The summed E-state index contributed by atoms with van der Waals surface area (Å²) in [6, 6.07) is 11.5. The van der Waals surface area contributed by atoms with E-state index < -0.39 is 0 Å². The van der Waals surface area contributed by atoms with Crippen LogP contribution < -0.4 is 10.6 Å². The maximum absolute atomic E-state index is 12.8. The molecule has 0 unspecified atom stereocenters. The highest BCUT2D eigenvalue weighted by Gasteiger charge is 2.17. The van der Waals surface area contributed by atoms with Crippen LogP contribution >= 0.6 is 0 Å². The summed E-state index contributed by atoms with van der Waals surface area (Å²) in [7, 11) is 0. The smallest absolute Gasteiger partial charge is 0.271 e. The molecule has 2 amide bonds. The summed E-state index contributed by atoms with van der Waals surface area (Å²) in [4.78, 5) is 29.4. The molecule has 0 bridgehead atoms. The molecule has 0 fully saturated rings. The maximum atomic E-state index is 12.8. The minimum atomic E-state index is -0.270. The van der Waals surface area contributed by atoms with Crippen molar-refractivity contribution in [1.29, 1.82) is 0 Å². The Bertz CT molecular complexity index is 1240. The highest BCUT2D eigenvalue weighted by Crippen LogP contribution is 2.13. The van der Waals surface area contributed by atoms with Gasteiger partial charge in [0.25, 0.3) is 11.8 Å². The number of hydrogen-bond donors (Lipinski definition) is 2. The number of fused-ring (bicyclic) bond motifs is 1. The van der Waals surface area contributed by atoms with Crippen LogP contribution in [0.1, 0.15) is 45.8 Å². The SMILES string of the molecule is Cc1ccc(-n2cc(CNC(=O)c3cccn4cc(C(=O)NC(C)C)nc34)cn2)cc1. The number of imidazole rings is 1. The van der Waals surface area contributed by atoms with Gasteiger partial charge in [-0.3, -0.25) is 9.59 Å². The number of aryl methyl sites for hydroxylation is 1. The van der Waals surface area contributed by atoms with Crippen molar-refractivity contribution in [3.8, 4) is 5.69 Å². The fourth-order valence-corrected chi connectivity index (χ4v) is 3.20. The summed E-state index contributed by atoms with van der Waals surface area (Å²) in [6.07, 6.45) is 6.99. The zero-order valence-corrected chi connectivity index (χ0v) is 17.7. The molecule has 8 heteroatoms. The number of rotatable bonds is 6. The first-order valence-corrected chi connectivity index (χ1v) is 10.1. The van der Waals surface area contributed by atoms with E-state index in [-0.39, 0.29) is 23.6 Å². The lowest BCUT2D eigenvalue weighted by molar-refractivity contribution is 0.0933. The van der Waals surface area contributed by atoms with E-state index in [1.165, 1.54) is 5.56 Å². The summed E-state index contributed by atoms with van der Waals surface area (Å²) < 4.78 is 3.45. The highest BCUT2D eigenvalue weighted by molar-refractivity contribution is 6.01. The van der Waals surface area contributed by atoms with Crippen molar-refractivity contribution >= 4 is 17.5 Å². The highest BCUT2D eigenvalue weighted by atomic mass is 16.2. The Hall–Kier alpha value is -3.94. The summed E-state index contributed by atoms with van der Waals surface area (Å²) >= 11 is 0. The largest absolute Gasteiger partial charge is 0.348 e. The van der Waals surface area contributed by atoms with Crippen molar-refractivity contribution in [3.63, 3.8) is 0 Å². The van der Waals surface area contributed by atoms with Crippen LogP contribution in [0.5, 0.6) is 0 Å². The number of hydrogen-bond acceptors (Lipinski definition) is 4. The molecule has 8 nitrogen and oxygen atoms in total. The lowest BCUT2D eigenvalue weighted by Crippen LogP contribution is -2.30. The Morgan fingerprint density at radius 2 is 1.84 bits per heavy atom. The van der Waals surface area contributed by atoms with E-state index in [0.717, 1.165) is 11.3 Å². The second kappa shape index (κ2) is 8.43. The minimum Gasteiger partial charge on any atom is -0.348 e. The van der Waals surface area contributed by atoms with E-state index in [1.54, 1.807) is 39.8 Å². The molecular weight excluding hydrogens is 392 g/mol. The molecule has 0 aliphatic carbocycles. The van der Waals surface area contributed by atoms with Crippen molar-refractivity contribution in [1.82, 2.24) is 29.8 Å². The first-order chi connectivity index (χ1) is 14.9. The van der Waals surface area contributed by atoms with Gasteiger partial charge in [-0.05, 0) is 45.0 Å². The predicted molar refractivity (Wildman–Crippen MR) is 117 cm³/mol. The van der Waals surface area contributed by atoms with Crippen LogP contribution in [0.25, 0.3) is 11.3 Å². The number of carbonyl (C=O) groups excluding carboxylic acids is 2.